The van der Waals surface area contributed by atoms with E-state index >= 15 is 0 Å². The Balaban J connectivity index is 1.56. The fraction of sp³-hybridized carbons (Fsp3) is 0.120. The van der Waals surface area contributed by atoms with Crippen molar-refractivity contribution >= 4 is 45.4 Å². The lowest BCUT2D eigenvalue weighted by Crippen LogP contribution is -2.18. The molecular weight excluding hydrogens is 480 g/mol. The normalized spacial score (nSPS) is 15.6. The van der Waals surface area contributed by atoms with Gasteiger partial charge in [-0.05, 0) is 35.9 Å². The van der Waals surface area contributed by atoms with E-state index in [1.807, 2.05) is 58.9 Å². The number of methoxy groups -OCH3 is 1. The second-order valence-electron chi connectivity index (χ2n) is 7.51. The summed E-state index contributed by atoms with van der Waals surface area (Å²) in [5.41, 5.74) is 4.21. The molecule has 166 valence electrons. The number of aromatic nitrogens is 1. The van der Waals surface area contributed by atoms with Crippen LogP contribution in [0.2, 0.25) is 10.0 Å². The maximum atomic E-state index is 14.4. The Bertz CT molecular complexity index is 1340. The van der Waals surface area contributed by atoms with E-state index in [1.165, 1.54) is 24.5 Å². The minimum Gasteiger partial charge on any atom is -0.494 e. The number of hydrogen-bond donors (Lipinski definition) is 0. The standard InChI is InChI=1S/C25H18Cl2FN3OS/c1-32-24-10-7-16(11-20(24)28)21-13-23(18-9-8-17(26)12-19(18)27)31(30-21)25-29-22(14-33-25)15-5-3-2-4-6-15/h2-12,14,23H,13H2,1H3/t23-/m1/s1. The van der Waals surface area contributed by atoms with Gasteiger partial charge in [-0.1, -0.05) is 59.6 Å². The number of halogens is 3. The third-order valence-corrected chi connectivity index (χ3v) is 6.87. The van der Waals surface area contributed by atoms with E-state index in [-0.39, 0.29) is 11.8 Å². The molecule has 5 rings (SSSR count). The molecule has 1 atom stereocenters. The van der Waals surface area contributed by atoms with Crippen molar-refractivity contribution < 1.29 is 9.13 Å². The number of anilines is 1. The van der Waals surface area contributed by atoms with Gasteiger partial charge in [0, 0.05) is 33.0 Å². The number of hydrazone groups is 1. The Hall–Kier alpha value is -2.93. The SMILES string of the molecule is COc1ccc(C2=NN(c3nc(-c4ccccc4)cs3)[C@@H](c3ccc(Cl)cc3Cl)C2)cc1F. The fourth-order valence-corrected chi connectivity index (χ4v) is 5.20. The van der Waals surface area contributed by atoms with Crippen molar-refractivity contribution in [1.82, 2.24) is 4.98 Å². The molecule has 8 heteroatoms. The van der Waals surface area contributed by atoms with E-state index in [0.717, 1.165) is 27.7 Å². The van der Waals surface area contributed by atoms with Crippen LogP contribution < -0.4 is 9.75 Å². The minimum absolute atomic E-state index is 0.193. The lowest BCUT2D eigenvalue weighted by atomic mass is 9.98. The molecule has 1 aliphatic rings. The molecule has 3 aromatic carbocycles. The van der Waals surface area contributed by atoms with Crippen molar-refractivity contribution in [2.45, 2.75) is 12.5 Å². The molecule has 0 unspecified atom stereocenters. The van der Waals surface area contributed by atoms with Crippen molar-refractivity contribution in [3.8, 4) is 17.0 Å². The molecule has 0 radical (unpaired) electrons. The number of hydrogen-bond acceptors (Lipinski definition) is 5. The van der Waals surface area contributed by atoms with E-state index in [2.05, 4.69) is 0 Å². The van der Waals surface area contributed by atoms with Gasteiger partial charge in [0.25, 0.3) is 0 Å². The van der Waals surface area contributed by atoms with Gasteiger partial charge in [0.15, 0.2) is 11.6 Å². The van der Waals surface area contributed by atoms with Crippen molar-refractivity contribution in [2.75, 3.05) is 12.1 Å². The van der Waals surface area contributed by atoms with Gasteiger partial charge in [0.2, 0.25) is 5.13 Å². The molecule has 4 aromatic rings. The molecule has 1 aromatic heterocycles. The van der Waals surface area contributed by atoms with Crippen LogP contribution in [0.4, 0.5) is 9.52 Å². The molecule has 0 aliphatic carbocycles. The number of ether oxygens (including phenoxy) is 1. The van der Waals surface area contributed by atoms with E-state index in [0.29, 0.717) is 22.0 Å². The predicted molar refractivity (Wildman–Crippen MR) is 133 cm³/mol. The fourth-order valence-electron chi connectivity index (χ4n) is 3.83. The summed E-state index contributed by atoms with van der Waals surface area (Å²) in [7, 11) is 1.44. The maximum Gasteiger partial charge on any atom is 0.207 e. The number of nitrogens with zero attached hydrogens (tertiary/aromatic N) is 3. The highest BCUT2D eigenvalue weighted by Gasteiger charge is 2.33. The first kappa shape index (κ1) is 21.9. The molecule has 0 amide bonds. The molecule has 1 aliphatic heterocycles. The smallest absolute Gasteiger partial charge is 0.207 e. The molecule has 4 nitrogen and oxygen atoms in total. The number of rotatable bonds is 5. The van der Waals surface area contributed by atoms with Crippen molar-refractivity contribution in [1.29, 1.82) is 0 Å². The van der Waals surface area contributed by atoms with Crippen molar-refractivity contribution in [2.24, 2.45) is 5.10 Å². The highest BCUT2D eigenvalue weighted by Crippen LogP contribution is 2.42. The number of benzene rings is 3. The quantitative estimate of drug-likeness (QED) is 0.284. The van der Waals surface area contributed by atoms with Crippen LogP contribution in [0.1, 0.15) is 23.6 Å². The first-order valence-corrected chi connectivity index (χ1v) is 11.8. The molecule has 0 saturated carbocycles. The topological polar surface area (TPSA) is 37.7 Å². The Morgan fingerprint density at radius 1 is 1.03 bits per heavy atom. The van der Waals surface area contributed by atoms with Gasteiger partial charge in [-0.25, -0.2) is 14.4 Å². The van der Waals surface area contributed by atoms with Crippen molar-refractivity contribution in [3.63, 3.8) is 0 Å². The zero-order valence-electron chi connectivity index (χ0n) is 17.5. The molecule has 0 spiro atoms. The lowest BCUT2D eigenvalue weighted by molar-refractivity contribution is 0.386. The van der Waals surface area contributed by atoms with Crippen LogP contribution in [0, 0.1) is 5.82 Å². The first-order chi connectivity index (χ1) is 16.0. The minimum atomic E-state index is -0.433. The molecule has 0 saturated heterocycles. The Morgan fingerprint density at radius 3 is 2.58 bits per heavy atom. The van der Waals surface area contributed by atoms with Crippen molar-refractivity contribution in [3.05, 3.63) is 99.1 Å². The number of thiazole rings is 1. The summed E-state index contributed by atoms with van der Waals surface area (Å²) in [6.07, 6.45) is 0.535. The second kappa shape index (κ2) is 9.14. The first-order valence-electron chi connectivity index (χ1n) is 10.2. The summed E-state index contributed by atoms with van der Waals surface area (Å²) in [5, 5.41) is 10.6. The van der Waals surface area contributed by atoms with E-state index in [1.54, 1.807) is 12.1 Å². The highest BCUT2D eigenvalue weighted by atomic mass is 35.5. The average molecular weight is 498 g/mol. The average Bonchev–Trinajstić information content (AvgIpc) is 3.47. The summed E-state index contributed by atoms with van der Waals surface area (Å²) >= 11 is 14.2. The van der Waals surface area contributed by atoms with Gasteiger partial charge < -0.3 is 4.74 Å². The van der Waals surface area contributed by atoms with Gasteiger partial charge in [-0.15, -0.1) is 11.3 Å². The second-order valence-corrected chi connectivity index (χ2v) is 9.19. The third kappa shape index (κ3) is 4.34. The Kier molecular flexibility index (Phi) is 6.06. The van der Waals surface area contributed by atoms with E-state index in [4.69, 9.17) is 38.0 Å². The van der Waals surface area contributed by atoms with Gasteiger partial charge in [-0.3, -0.25) is 0 Å². The van der Waals surface area contributed by atoms with Crippen LogP contribution in [0.3, 0.4) is 0 Å². The van der Waals surface area contributed by atoms with Crippen LogP contribution in [-0.4, -0.2) is 17.8 Å². The zero-order chi connectivity index (χ0) is 22.9. The highest BCUT2D eigenvalue weighted by molar-refractivity contribution is 7.14. The Morgan fingerprint density at radius 2 is 1.85 bits per heavy atom. The van der Waals surface area contributed by atoms with E-state index in [9.17, 15) is 4.39 Å². The molecule has 0 bridgehead atoms. The summed E-state index contributed by atoms with van der Waals surface area (Å²) in [6.45, 7) is 0. The largest absolute Gasteiger partial charge is 0.494 e. The van der Waals surface area contributed by atoms with Crippen LogP contribution >= 0.6 is 34.5 Å². The monoisotopic (exact) mass is 497 g/mol. The van der Waals surface area contributed by atoms with Crippen LogP contribution in [0.5, 0.6) is 5.75 Å². The van der Waals surface area contributed by atoms with Gasteiger partial charge in [0.05, 0.1) is 24.6 Å². The van der Waals surface area contributed by atoms with Gasteiger partial charge >= 0.3 is 0 Å². The van der Waals surface area contributed by atoms with Gasteiger partial charge in [0.1, 0.15) is 0 Å². The molecular formula is C25H18Cl2FN3OS. The lowest BCUT2D eigenvalue weighted by Gasteiger charge is -2.22. The summed E-state index contributed by atoms with van der Waals surface area (Å²) in [5.74, 6) is -0.239. The zero-order valence-corrected chi connectivity index (χ0v) is 19.8. The van der Waals surface area contributed by atoms with Gasteiger partial charge in [-0.2, -0.15) is 5.10 Å². The molecule has 33 heavy (non-hydrogen) atoms. The summed E-state index contributed by atoms with van der Waals surface area (Å²) in [6, 6.07) is 20.1. The van der Waals surface area contributed by atoms with Crippen LogP contribution in [0.25, 0.3) is 11.3 Å². The van der Waals surface area contributed by atoms with Crippen LogP contribution in [-0.2, 0) is 0 Å². The Labute approximate surface area is 204 Å². The third-order valence-electron chi connectivity index (χ3n) is 5.47. The molecule has 0 fully saturated rings. The molecule has 2 heterocycles. The summed E-state index contributed by atoms with van der Waals surface area (Å²) < 4.78 is 19.5. The maximum absolute atomic E-state index is 14.4. The predicted octanol–water partition coefficient (Wildman–Crippen LogP) is 7.62. The summed E-state index contributed by atoms with van der Waals surface area (Å²) in [4.78, 5) is 4.83. The molecule has 0 N–H and O–H groups in total. The van der Waals surface area contributed by atoms with E-state index < -0.39 is 5.82 Å². The van der Waals surface area contributed by atoms with Crippen LogP contribution in [0.15, 0.2) is 77.2 Å².